The van der Waals surface area contributed by atoms with Gasteiger partial charge in [-0.1, -0.05) is 12.1 Å². The quantitative estimate of drug-likeness (QED) is 0.801. The SMILES string of the molecule is N#Cc1ccc(/C=C/C(=O)Nc2ccn[nH]2)cc1. The van der Waals surface area contributed by atoms with E-state index in [-0.39, 0.29) is 5.91 Å². The van der Waals surface area contributed by atoms with Crippen LogP contribution in [-0.4, -0.2) is 16.1 Å². The van der Waals surface area contributed by atoms with E-state index in [1.165, 1.54) is 6.08 Å². The van der Waals surface area contributed by atoms with Crippen molar-refractivity contribution in [3.8, 4) is 6.07 Å². The van der Waals surface area contributed by atoms with E-state index >= 15 is 0 Å². The minimum absolute atomic E-state index is 0.247. The van der Waals surface area contributed by atoms with Gasteiger partial charge in [0.1, 0.15) is 5.82 Å². The van der Waals surface area contributed by atoms with Crippen LogP contribution >= 0.6 is 0 Å². The summed E-state index contributed by atoms with van der Waals surface area (Å²) in [5.41, 5.74) is 1.45. The molecule has 0 radical (unpaired) electrons. The van der Waals surface area contributed by atoms with Gasteiger partial charge in [0.15, 0.2) is 0 Å². The number of hydrogen-bond donors (Lipinski definition) is 2. The summed E-state index contributed by atoms with van der Waals surface area (Å²) in [5, 5.41) is 17.6. The van der Waals surface area contributed by atoms with Gasteiger partial charge in [0.05, 0.1) is 17.8 Å². The number of benzene rings is 1. The Hall–Kier alpha value is -2.87. The number of anilines is 1. The van der Waals surface area contributed by atoms with E-state index in [9.17, 15) is 4.79 Å². The molecule has 0 fully saturated rings. The maximum Gasteiger partial charge on any atom is 0.249 e. The Morgan fingerprint density at radius 2 is 2.11 bits per heavy atom. The Balaban J connectivity index is 1.97. The Morgan fingerprint density at radius 3 is 2.72 bits per heavy atom. The molecule has 2 rings (SSSR count). The van der Waals surface area contributed by atoms with Crippen LogP contribution in [0.2, 0.25) is 0 Å². The largest absolute Gasteiger partial charge is 0.307 e. The summed E-state index contributed by atoms with van der Waals surface area (Å²) in [6, 6.07) is 10.6. The molecule has 1 heterocycles. The van der Waals surface area contributed by atoms with Crippen LogP contribution in [0, 0.1) is 11.3 Å². The van der Waals surface area contributed by atoms with Crippen molar-refractivity contribution in [2.45, 2.75) is 0 Å². The highest BCUT2D eigenvalue weighted by Crippen LogP contribution is 2.05. The topological polar surface area (TPSA) is 81.6 Å². The van der Waals surface area contributed by atoms with Crippen LogP contribution < -0.4 is 5.32 Å². The summed E-state index contributed by atoms with van der Waals surface area (Å²) >= 11 is 0. The molecule has 0 atom stereocenters. The molecule has 2 aromatic rings. The lowest BCUT2D eigenvalue weighted by atomic mass is 10.1. The third-order valence-electron chi connectivity index (χ3n) is 2.23. The molecule has 1 aromatic carbocycles. The van der Waals surface area contributed by atoms with Gasteiger partial charge in [-0.3, -0.25) is 9.89 Å². The fourth-order valence-corrected chi connectivity index (χ4v) is 1.34. The van der Waals surface area contributed by atoms with E-state index in [0.717, 1.165) is 5.56 Å². The number of nitriles is 1. The molecule has 0 saturated heterocycles. The second kappa shape index (κ2) is 5.46. The second-order valence-electron chi connectivity index (χ2n) is 3.53. The molecular formula is C13H10N4O. The summed E-state index contributed by atoms with van der Waals surface area (Å²) in [7, 11) is 0. The summed E-state index contributed by atoms with van der Waals surface area (Å²) in [6.07, 6.45) is 4.65. The zero-order valence-corrected chi connectivity index (χ0v) is 9.42. The van der Waals surface area contributed by atoms with Crippen LogP contribution in [0.15, 0.2) is 42.6 Å². The number of H-pyrrole nitrogens is 1. The number of aromatic nitrogens is 2. The summed E-state index contributed by atoms with van der Waals surface area (Å²) in [4.78, 5) is 11.5. The van der Waals surface area contributed by atoms with Crippen molar-refractivity contribution in [3.05, 3.63) is 53.7 Å². The number of nitrogens with zero attached hydrogens (tertiary/aromatic N) is 2. The lowest BCUT2D eigenvalue weighted by molar-refractivity contribution is -0.111. The van der Waals surface area contributed by atoms with Crippen molar-refractivity contribution in [2.24, 2.45) is 0 Å². The lowest BCUT2D eigenvalue weighted by Gasteiger charge is -1.96. The first-order chi connectivity index (χ1) is 8.78. The first-order valence-electron chi connectivity index (χ1n) is 5.26. The van der Waals surface area contributed by atoms with Gasteiger partial charge in [0.2, 0.25) is 5.91 Å². The van der Waals surface area contributed by atoms with Crippen LogP contribution in [-0.2, 0) is 4.79 Å². The predicted molar refractivity (Wildman–Crippen MR) is 67.4 cm³/mol. The summed E-state index contributed by atoms with van der Waals surface area (Å²) in [5.74, 6) is 0.299. The van der Waals surface area contributed by atoms with Crippen LogP contribution in [0.1, 0.15) is 11.1 Å². The highest BCUT2D eigenvalue weighted by atomic mass is 16.1. The average Bonchev–Trinajstić information content (AvgIpc) is 2.90. The molecule has 5 heteroatoms. The lowest BCUT2D eigenvalue weighted by Crippen LogP contribution is -2.07. The molecule has 18 heavy (non-hydrogen) atoms. The minimum atomic E-state index is -0.247. The monoisotopic (exact) mass is 238 g/mol. The van der Waals surface area contributed by atoms with Gasteiger partial charge in [-0.05, 0) is 23.8 Å². The van der Waals surface area contributed by atoms with E-state index in [2.05, 4.69) is 15.5 Å². The minimum Gasteiger partial charge on any atom is -0.307 e. The van der Waals surface area contributed by atoms with Crippen LogP contribution in [0.5, 0.6) is 0 Å². The standard InChI is InChI=1S/C13H10N4O/c14-9-11-3-1-10(2-4-11)5-6-13(18)16-12-7-8-15-17-12/h1-8H,(H2,15,16,17,18)/b6-5+. The van der Waals surface area contributed by atoms with Crippen LogP contribution in [0.25, 0.3) is 6.08 Å². The van der Waals surface area contributed by atoms with E-state index in [4.69, 9.17) is 5.26 Å². The zero-order chi connectivity index (χ0) is 12.8. The number of carbonyl (C=O) groups is 1. The average molecular weight is 238 g/mol. The van der Waals surface area contributed by atoms with Crippen molar-refractivity contribution in [1.29, 1.82) is 5.26 Å². The van der Waals surface area contributed by atoms with Gasteiger partial charge in [-0.15, -0.1) is 0 Å². The highest BCUT2D eigenvalue weighted by Gasteiger charge is 1.97. The van der Waals surface area contributed by atoms with Gasteiger partial charge >= 0.3 is 0 Å². The zero-order valence-electron chi connectivity index (χ0n) is 9.42. The highest BCUT2D eigenvalue weighted by molar-refractivity contribution is 6.01. The van der Waals surface area contributed by atoms with Crippen molar-refractivity contribution >= 4 is 17.8 Å². The fourth-order valence-electron chi connectivity index (χ4n) is 1.34. The van der Waals surface area contributed by atoms with Crippen molar-refractivity contribution in [1.82, 2.24) is 10.2 Å². The molecule has 0 aliphatic carbocycles. The number of hydrogen-bond acceptors (Lipinski definition) is 3. The van der Waals surface area contributed by atoms with E-state index in [1.807, 2.05) is 6.07 Å². The smallest absolute Gasteiger partial charge is 0.249 e. The first kappa shape index (κ1) is 11.6. The molecule has 1 aromatic heterocycles. The molecule has 0 saturated carbocycles. The van der Waals surface area contributed by atoms with E-state index < -0.39 is 0 Å². The van der Waals surface area contributed by atoms with Gasteiger partial charge in [0.25, 0.3) is 0 Å². The van der Waals surface area contributed by atoms with Gasteiger partial charge in [0, 0.05) is 12.1 Å². The molecule has 0 spiro atoms. The predicted octanol–water partition coefficient (Wildman–Crippen LogP) is 1.93. The maximum absolute atomic E-state index is 11.5. The molecule has 0 bridgehead atoms. The molecule has 0 aliphatic rings. The van der Waals surface area contributed by atoms with Gasteiger partial charge < -0.3 is 5.32 Å². The molecule has 2 N–H and O–H groups in total. The van der Waals surface area contributed by atoms with E-state index in [0.29, 0.717) is 11.4 Å². The van der Waals surface area contributed by atoms with E-state index in [1.54, 1.807) is 42.6 Å². The Kier molecular flexibility index (Phi) is 3.52. The Bertz CT molecular complexity index is 591. The van der Waals surface area contributed by atoms with Crippen molar-refractivity contribution in [3.63, 3.8) is 0 Å². The number of amides is 1. The fraction of sp³-hybridized carbons (Fsp3) is 0. The van der Waals surface area contributed by atoms with Gasteiger partial charge in [-0.2, -0.15) is 10.4 Å². The number of nitrogens with one attached hydrogen (secondary N) is 2. The third-order valence-corrected chi connectivity index (χ3v) is 2.23. The number of rotatable bonds is 3. The summed E-state index contributed by atoms with van der Waals surface area (Å²) < 4.78 is 0. The molecule has 5 nitrogen and oxygen atoms in total. The van der Waals surface area contributed by atoms with Crippen molar-refractivity contribution in [2.75, 3.05) is 5.32 Å². The second-order valence-corrected chi connectivity index (χ2v) is 3.53. The number of carbonyl (C=O) groups excluding carboxylic acids is 1. The van der Waals surface area contributed by atoms with Crippen LogP contribution in [0.3, 0.4) is 0 Å². The maximum atomic E-state index is 11.5. The third kappa shape index (κ3) is 3.06. The van der Waals surface area contributed by atoms with Crippen LogP contribution in [0.4, 0.5) is 5.82 Å². The molecule has 88 valence electrons. The molecule has 0 unspecified atom stereocenters. The summed E-state index contributed by atoms with van der Waals surface area (Å²) in [6.45, 7) is 0. The van der Waals surface area contributed by atoms with Crippen molar-refractivity contribution < 1.29 is 4.79 Å². The number of aromatic amines is 1. The Labute approximate surface area is 104 Å². The van der Waals surface area contributed by atoms with Gasteiger partial charge in [-0.25, -0.2) is 0 Å². The Morgan fingerprint density at radius 1 is 1.33 bits per heavy atom. The first-order valence-corrected chi connectivity index (χ1v) is 5.26. The molecule has 0 aliphatic heterocycles. The normalized spacial score (nSPS) is 10.2. The molecule has 1 amide bonds. The molecular weight excluding hydrogens is 228 g/mol.